The molecule has 7 nitrogen and oxygen atoms in total. The molecule has 20 heavy (non-hydrogen) atoms. The van der Waals surface area contributed by atoms with Gasteiger partial charge in [0.2, 0.25) is 5.91 Å². The predicted octanol–water partition coefficient (Wildman–Crippen LogP) is 0.444. The van der Waals surface area contributed by atoms with Crippen LogP contribution in [0.25, 0.3) is 0 Å². The Bertz CT molecular complexity index is 412. The van der Waals surface area contributed by atoms with Crippen LogP contribution in [-0.2, 0) is 14.3 Å². The monoisotopic (exact) mass is 284 g/mol. The van der Waals surface area contributed by atoms with Crippen molar-refractivity contribution in [2.75, 3.05) is 20.2 Å². The summed E-state index contributed by atoms with van der Waals surface area (Å²) in [6.07, 6.45) is 2.16. The molecule has 0 spiro atoms. The van der Waals surface area contributed by atoms with Gasteiger partial charge in [-0.1, -0.05) is 6.42 Å². The molecule has 112 valence electrons. The number of carboxylic acid groups (broad SMARTS) is 1. The highest BCUT2D eigenvalue weighted by Gasteiger charge is 2.41. The Labute approximate surface area is 117 Å². The maximum Gasteiger partial charge on any atom is 0.407 e. The molecule has 2 rings (SSSR count). The van der Waals surface area contributed by atoms with Crippen LogP contribution < -0.4 is 5.32 Å². The Morgan fingerprint density at radius 1 is 1.20 bits per heavy atom. The maximum atomic E-state index is 12.4. The highest BCUT2D eigenvalue weighted by Crippen LogP contribution is 2.34. The highest BCUT2D eigenvalue weighted by atomic mass is 16.5. The van der Waals surface area contributed by atoms with Crippen LogP contribution >= 0.6 is 0 Å². The smallest absolute Gasteiger partial charge is 0.407 e. The number of amides is 2. The van der Waals surface area contributed by atoms with Crippen molar-refractivity contribution in [3.8, 4) is 0 Å². The first-order chi connectivity index (χ1) is 9.52. The van der Waals surface area contributed by atoms with Crippen LogP contribution in [-0.4, -0.2) is 54.2 Å². The minimum absolute atomic E-state index is 0.0935. The second kappa shape index (κ2) is 6.11. The molecule has 1 aliphatic heterocycles. The molecule has 7 heteroatoms. The van der Waals surface area contributed by atoms with Crippen LogP contribution in [0.15, 0.2) is 0 Å². The molecule has 3 atom stereocenters. The molecule has 1 saturated heterocycles. The van der Waals surface area contributed by atoms with Gasteiger partial charge < -0.3 is 20.1 Å². The molecule has 0 radical (unpaired) electrons. The van der Waals surface area contributed by atoms with E-state index in [-0.39, 0.29) is 11.9 Å². The number of nitrogens with one attached hydrogen (secondary N) is 1. The first-order valence-corrected chi connectivity index (χ1v) is 6.89. The van der Waals surface area contributed by atoms with Crippen molar-refractivity contribution in [2.45, 2.75) is 31.7 Å². The molecule has 2 fully saturated rings. The van der Waals surface area contributed by atoms with E-state index in [1.165, 1.54) is 7.11 Å². The number of rotatable bonds is 3. The average molecular weight is 284 g/mol. The van der Waals surface area contributed by atoms with Crippen LogP contribution in [0.5, 0.6) is 0 Å². The molecule has 2 amide bonds. The Morgan fingerprint density at radius 3 is 2.55 bits per heavy atom. The molecule has 0 aromatic heterocycles. The average Bonchev–Trinajstić information content (AvgIpc) is 3.06. The summed E-state index contributed by atoms with van der Waals surface area (Å²) in [5.74, 6) is -1.95. The molecule has 0 aromatic carbocycles. The van der Waals surface area contributed by atoms with Crippen molar-refractivity contribution in [3.63, 3.8) is 0 Å². The summed E-state index contributed by atoms with van der Waals surface area (Å²) in [6, 6.07) is -0.115. The zero-order chi connectivity index (χ0) is 14.7. The third-order valence-corrected chi connectivity index (χ3v) is 4.16. The lowest BCUT2D eigenvalue weighted by atomic mass is 9.95. The van der Waals surface area contributed by atoms with Gasteiger partial charge in [-0.15, -0.1) is 0 Å². The number of aliphatic carboxylic acids is 1. The maximum absolute atomic E-state index is 12.4. The fraction of sp³-hybridized carbons (Fsp3) is 0.769. The topological polar surface area (TPSA) is 95.9 Å². The molecular formula is C13H20N2O5. The number of carboxylic acids is 1. The summed E-state index contributed by atoms with van der Waals surface area (Å²) < 4.78 is 4.52. The molecular weight excluding hydrogens is 264 g/mol. The third kappa shape index (κ3) is 3.02. The predicted molar refractivity (Wildman–Crippen MR) is 69.0 cm³/mol. The SMILES string of the molecule is COC(=O)NC1CCN(C(=O)C2CCCC2C(=O)O)C1. The van der Waals surface area contributed by atoms with Crippen molar-refractivity contribution in [1.29, 1.82) is 0 Å². The normalized spacial score (nSPS) is 29.2. The number of carbonyl (C=O) groups is 3. The number of likely N-dealkylation sites (tertiary alicyclic amines) is 1. The van der Waals surface area contributed by atoms with Gasteiger partial charge in [0.15, 0.2) is 0 Å². The summed E-state index contributed by atoms with van der Waals surface area (Å²) in [5, 5.41) is 11.8. The van der Waals surface area contributed by atoms with Gasteiger partial charge in [0.1, 0.15) is 0 Å². The van der Waals surface area contributed by atoms with Crippen molar-refractivity contribution in [3.05, 3.63) is 0 Å². The number of alkyl carbamates (subject to hydrolysis) is 1. The van der Waals surface area contributed by atoms with Gasteiger partial charge in [-0.2, -0.15) is 0 Å². The Balaban J connectivity index is 1.91. The largest absolute Gasteiger partial charge is 0.481 e. The quantitative estimate of drug-likeness (QED) is 0.784. The van der Waals surface area contributed by atoms with Crippen LogP contribution in [0.2, 0.25) is 0 Å². The molecule has 1 aliphatic carbocycles. The summed E-state index contributed by atoms with van der Waals surface area (Å²) in [5.41, 5.74) is 0. The number of nitrogens with zero attached hydrogens (tertiary/aromatic N) is 1. The number of methoxy groups -OCH3 is 1. The van der Waals surface area contributed by atoms with E-state index >= 15 is 0 Å². The first-order valence-electron chi connectivity index (χ1n) is 6.89. The van der Waals surface area contributed by atoms with E-state index in [9.17, 15) is 14.4 Å². The summed E-state index contributed by atoms with van der Waals surface area (Å²) in [7, 11) is 1.29. The van der Waals surface area contributed by atoms with Crippen molar-refractivity contribution in [2.24, 2.45) is 11.8 Å². The van der Waals surface area contributed by atoms with Crippen LogP contribution in [0.3, 0.4) is 0 Å². The molecule has 1 heterocycles. The molecule has 2 N–H and O–H groups in total. The Kier molecular flexibility index (Phi) is 4.46. The fourth-order valence-electron chi connectivity index (χ4n) is 3.09. The van der Waals surface area contributed by atoms with Crippen LogP contribution in [0, 0.1) is 11.8 Å². The van der Waals surface area contributed by atoms with Gasteiger partial charge in [0.05, 0.1) is 25.0 Å². The van der Waals surface area contributed by atoms with Crippen molar-refractivity contribution < 1.29 is 24.2 Å². The second-order valence-corrected chi connectivity index (χ2v) is 5.39. The number of hydrogen-bond donors (Lipinski definition) is 2. The van der Waals surface area contributed by atoms with Gasteiger partial charge >= 0.3 is 12.1 Å². The van der Waals surface area contributed by atoms with Crippen LogP contribution in [0.4, 0.5) is 4.79 Å². The highest BCUT2D eigenvalue weighted by molar-refractivity contribution is 5.85. The van der Waals surface area contributed by atoms with Gasteiger partial charge in [-0.25, -0.2) is 4.79 Å². The third-order valence-electron chi connectivity index (χ3n) is 4.16. The Morgan fingerprint density at radius 2 is 1.90 bits per heavy atom. The van der Waals surface area contributed by atoms with Gasteiger partial charge in [-0.05, 0) is 19.3 Å². The summed E-state index contributed by atoms with van der Waals surface area (Å²) in [6.45, 7) is 0.979. The number of hydrogen-bond acceptors (Lipinski definition) is 4. The number of carbonyl (C=O) groups excluding carboxylic acids is 2. The van der Waals surface area contributed by atoms with Crippen molar-refractivity contribution in [1.82, 2.24) is 10.2 Å². The van der Waals surface area contributed by atoms with Crippen molar-refractivity contribution >= 4 is 18.0 Å². The van der Waals surface area contributed by atoms with Gasteiger partial charge in [0, 0.05) is 13.1 Å². The Hall–Kier alpha value is -1.79. The second-order valence-electron chi connectivity index (χ2n) is 5.39. The minimum atomic E-state index is -0.885. The lowest BCUT2D eigenvalue weighted by Gasteiger charge is -2.23. The van der Waals surface area contributed by atoms with E-state index in [4.69, 9.17) is 5.11 Å². The lowest BCUT2D eigenvalue weighted by Crippen LogP contribution is -2.41. The zero-order valence-corrected chi connectivity index (χ0v) is 11.5. The van der Waals surface area contributed by atoms with E-state index in [1.807, 2.05) is 0 Å². The molecule has 2 aliphatic rings. The van der Waals surface area contributed by atoms with E-state index in [0.29, 0.717) is 32.4 Å². The molecule has 0 bridgehead atoms. The first kappa shape index (κ1) is 14.6. The summed E-state index contributed by atoms with van der Waals surface area (Å²) in [4.78, 5) is 36.3. The summed E-state index contributed by atoms with van der Waals surface area (Å²) >= 11 is 0. The standard InChI is InChI=1S/C13H20N2O5/c1-20-13(19)14-8-5-6-15(7-8)11(16)9-3-2-4-10(9)12(17)18/h8-10H,2-7H2,1H3,(H,14,19)(H,17,18). The van der Waals surface area contributed by atoms with E-state index in [2.05, 4.69) is 10.1 Å². The van der Waals surface area contributed by atoms with E-state index < -0.39 is 23.9 Å². The number of ether oxygens (including phenoxy) is 1. The van der Waals surface area contributed by atoms with Gasteiger partial charge in [-0.3, -0.25) is 9.59 Å². The fourth-order valence-corrected chi connectivity index (χ4v) is 3.09. The zero-order valence-electron chi connectivity index (χ0n) is 11.5. The lowest BCUT2D eigenvalue weighted by molar-refractivity contribution is -0.148. The molecule has 3 unspecified atom stereocenters. The van der Waals surface area contributed by atoms with Crippen LogP contribution in [0.1, 0.15) is 25.7 Å². The van der Waals surface area contributed by atoms with Gasteiger partial charge in [0.25, 0.3) is 0 Å². The van der Waals surface area contributed by atoms with E-state index in [0.717, 1.165) is 6.42 Å². The molecule has 1 saturated carbocycles. The van der Waals surface area contributed by atoms with E-state index in [1.54, 1.807) is 4.90 Å². The molecule has 0 aromatic rings. The minimum Gasteiger partial charge on any atom is -0.481 e.